The first-order chi connectivity index (χ1) is 19.7. The number of nitrogens with zero attached hydrogens (tertiary/aromatic N) is 1. The molecular formula is C30H27N3O7S. The fourth-order valence-corrected chi connectivity index (χ4v) is 6.33. The predicted molar refractivity (Wildman–Crippen MR) is 154 cm³/mol. The van der Waals surface area contributed by atoms with Gasteiger partial charge >= 0.3 is 17.8 Å². The van der Waals surface area contributed by atoms with E-state index in [2.05, 4.69) is 15.5 Å². The number of hydrogen-bond donors (Lipinski definition) is 4. The molecule has 0 spiro atoms. The molecule has 0 saturated carbocycles. The standard InChI is InChI=1S/C30H27N3O7S/c1-40-20-11-9-17(10-12-20)15-33-16-24-23(25(29(36)37)28(41-24)32-27(35)30(38)39)13-19(33)14-31-26(34)22-8-4-6-18-5-2-3-7-21(18)22/h2-12,19H,13-16H2,1H3,(H,31,34)(H,32,35)(H,36,37)(H,38,39). The van der Waals surface area contributed by atoms with Crippen molar-refractivity contribution in [2.45, 2.75) is 25.6 Å². The fraction of sp³-hybridized carbons (Fsp3) is 0.200. The molecule has 1 unspecified atom stereocenters. The second-order valence-electron chi connectivity index (χ2n) is 9.62. The number of rotatable bonds is 8. The van der Waals surface area contributed by atoms with Gasteiger partial charge in [0, 0.05) is 36.1 Å². The van der Waals surface area contributed by atoms with Gasteiger partial charge in [0.1, 0.15) is 10.8 Å². The van der Waals surface area contributed by atoms with Crippen LogP contribution in [0.5, 0.6) is 5.75 Å². The Morgan fingerprint density at radius 3 is 2.44 bits per heavy atom. The lowest BCUT2D eigenvalue weighted by atomic mass is 9.95. The van der Waals surface area contributed by atoms with Gasteiger partial charge in [-0.05, 0) is 46.5 Å². The van der Waals surface area contributed by atoms with Crippen LogP contribution in [-0.4, -0.2) is 58.6 Å². The smallest absolute Gasteiger partial charge is 0.394 e. The fourth-order valence-electron chi connectivity index (χ4n) is 5.09. The minimum Gasteiger partial charge on any atom is -0.497 e. The van der Waals surface area contributed by atoms with Crippen LogP contribution in [-0.2, 0) is 29.1 Å². The Bertz CT molecular complexity index is 1640. The number of ether oxygens (including phenoxy) is 1. The normalized spacial score (nSPS) is 14.7. The van der Waals surface area contributed by atoms with Crippen LogP contribution < -0.4 is 15.4 Å². The summed E-state index contributed by atoms with van der Waals surface area (Å²) < 4.78 is 5.26. The van der Waals surface area contributed by atoms with Crippen molar-refractivity contribution < 1.29 is 34.1 Å². The van der Waals surface area contributed by atoms with E-state index < -0.39 is 17.8 Å². The number of amides is 2. The van der Waals surface area contributed by atoms with Crippen molar-refractivity contribution in [2.24, 2.45) is 0 Å². The largest absolute Gasteiger partial charge is 0.497 e. The van der Waals surface area contributed by atoms with Crippen LogP contribution in [0, 0.1) is 0 Å². The molecule has 2 heterocycles. The molecule has 1 atom stereocenters. The Morgan fingerprint density at radius 2 is 1.73 bits per heavy atom. The highest BCUT2D eigenvalue weighted by Crippen LogP contribution is 2.39. The van der Waals surface area contributed by atoms with Crippen LogP contribution in [0.25, 0.3) is 10.8 Å². The zero-order chi connectivity index (χ0) is 29.1. The van der Waals surface area contributed by atoms with E-state index in [1.54, 1.807) is 13.2 Å². The summed E-state index contributed by atoms with van der Waals surface area (Å²) in [4.78, 5) is 51.4. The van der Waals surface area contributed by atoms with Crippen molar-refractivity contribution in [2.75, 3.05) is 19.0 Å². The number of carboxylic acid groups (broad SMARTS) is 2. The third kappa shape index (κ3) is 5.91. The monoisotopic (exact) mass is 573 g/mol. The Kier molecular flexibility index (Phi) is 7.99. The molecule has 1 aliphatic rings. The van der Waals surface area contributed by atoms with Crippen molar-refractivity contribution >= 4 is 50.9 Å². The maximum Gasteiger partial charge on any atom is 0.394 e. The molecular weight excluding hydrogens is 546 g/mol. The minimum absolute atomic E-state index is 0.0141. The van der Waals surface area contributed by atoms with Crippen molar-refractivity contribution in [1.82, 2.24) is 10.2 Å². The molecule has 1 aliphatic heterocycles. The number of carboxylic acids is 2. The molecule has 210 valence electrons. The molecule has 10 nitrogen and oxygen atoms in total. The number of carbonyl (C=O) groups excluding carboxylic acids is 2. The summed E-state index contributed by atoms with van der Waals surface area (Å²) in [5, 5.41) is 26.0. The van der Waals surface area contributed by atoms with E-state index in [1.807, 2.05) is 60.7 Å². The van der Waals surface area contributed by atoms with Gasteiger partial charge in [-0.3, -0.25) is 14.5 Å². The molecule has 41 heavy (non-hydrogen) atoms. The van der Waals surface area contributed by atoms with Crippen LogP contribution in [0.1, 0.15) is 36.7 Å². The van der Waals surface area contributed by atoms with Crippen LogP contribution in [0.3, 0.4) is 0 Å². The topological polar surface area (TPSA) is 145 Å². The highest BCUT2D eigenvalue weighted by atomic mass is 32.1. The van der Waals surface area contributed by atoms with E-state index in [0.717, 1.165) is 33.4 Å². The van der Waals surface area contributed by atoms with Crippen molar-refractivity contribution in [3.63, 3.8) is 0 Å². The molecule has 1 aromatic heterocycles. The number of methoxy groups -OCH3 is 1. The third-order valence-electron chi connectivity index (χ3n) is 7.11. The second kappa shape index (κ2) is 11.8. The van der Waals surface area contributed by atoms with E-state index in [-0.39, 0.29) is 35.5 Å². The number of fused-ring (bicyclic) bond motifs is 2. The van der Waals surface area contributed by atoms with Gasteiger partial charge in [-0.25, -0.2) is 9.59 Å². The SMILES string of the molecule is COc1ccc(CN2Cc3sc(NC(=O)C(=O)O)c(C(=O)O)c3CC2CNC(=O)c2cccc3ccccc23)cc1. The van der Waals surface area contributed by atoms with Crippen molar-refractivity contribution in [3.8, 4) is 5.75 Å². The average molecular weight is 574 g/mol. The summed E-state index contributed by atoms with van der Waals surface area (Å²) in [6.07, 6.45) is 0.280. The molecule has 5 rings (SSSR count). The summed E-state index contributed by atoms with van der Waals surface area (Å²) in [6, 6.07) is 20.5. The molecule has 0 aliphatic carbocycles. The highest BCUT2D eigenvalue weighted by Gasteiger charge is 2.34. The lowest BCUT2D eigenvalue weighted by Gasteiger charge is -2.36. The third-order valence-corrected chi connectivity index (χ3v) is 8.24. The first-order valence-corrected chi connectivity index (χ1v) is 13.6. The van der Waals surface area contributed by atoms with Crippen LogP contribution >= 0.6 is 11.3 Å². The van der Waals surface area contributed by atoms with E-state index >= 15 is 0 Å². The number of aliphatic carboxylic acids is 1. The zero-order valence-corrected chi connectivity index (χ0v) is 22.9. The number of aromatic carboxylic acids is 1. The molecule has 2 amide bonds. The summed E-state index contributed by atoms with van der Waals surface area (Å²) >= 11 is 1.06. The van der Waals surface area contributed by atoms with Gasteiger partial charge in [-0.1, -0.05) is 48.5 Å². The molecule has 3 aromatic carbocycles. The Hall–Kier alpha value is -4.74. The van der Waals surface area contributed by atoms with Crippen LogP contribution in [0.2, 0.25) is 0 Å². The molecule has 4 aromatic rings. The Labute approximate surface area is 239 Å². The van der Waals surface area contributed by atoms with Crippen molar-refractivity contribution in [3.05, 3.63) is 93.9 Å². The quantitative estimate of drug-likeness (QED) is 0.232. The van der Waals surface area contributed by atoms with Gasteiger partial charge in [0.15, 0.2) is 0 Å². The lowest BCUT2D eigenvalue weighted by Crippen LogP contribution is -2.47. The molecule has 0 radical (unpaired) electrons. The average Bonchev–Trinajstić information content (AvgIpc) is 3.32. The van der Waals surface area contributed by atoms with Gasteiger partial charge in [0.2, 0.25) is 0 Å². The lowest BCUT2D eigenvalue weighted by molar-refractivity contribution is -0.147. The number of benzene rings is 3. The Morgan fingerprint density at radius 1 is 1.00 bits per heavy atom. The second-order valence-corrected chi connectivity index (χ2v) is 10.7. The van der Waals surface area contributed by atoms with Gasteiger partial charge in [-0.2, -0.15) is 0 Å². The van der Waals surface area contributed by atoms with Crippen molar-refractivity contribution in [1.29, 1.82) is 0 Å². The van der Waals surface area contributed by atoms with E-state index in [0.29, 0.717) is 29.1 Å². The number of nitrogens with one attached hydrogen (secondary N) is 2. The van der Waals surface area contributed by atoms with Gasteiger partial charge in [0.25, 0.3) is 5.91 Å². The maximum atomic E-state index is 13.3. The maximum absolute atomic E-state index is 13.3. The number of hydrogen-bond acceptors (Lipinski definition) is 7. The molecule has 11 heteroatoms. The van der Waals surface area contributed by atoms with Crippen LogP contribution in [0.4, 0.5) is 5.00 Å². The number of carbonyl (C=O) groups is 4. The molecule has 0 saturated heterocycles. The highest BCUT2D eigenvalue weighted by molar-refractivity contribution is 7.17. The molecule has 4 N–H and O–H groups in total. The predicted octanol–water partition coefficient (Wildman–Crippen LogP) is 3.99. The van der Waals surface area contributed by atoms with E-state index in [4.69, 9.17) is 9.84 Å². The number of thiophene rings is 1. The van der Waals surface area contributed by atoms with E-state index in [9.17, 15) is 24.3 Å². The zero-order valence-electron chi connectivity index (χ0n) is 22.0. The van der Waals surface area contributed by atoms with Gasteiger partial charge in [0.05, 0.1) is 12.7 Å². The van der Waals surface area contributed by atoms with Crippen LogP contribution in [0.15, 0.2) is 66.7 Å². The van der Waals surface area contributed by atoms with Gasteiger partial charge in [-0.15, -0.1) is 11.3 Å². The van der Waals surface area contributed by atoms with E-state index in [1.165, 1.54) is 0 Å². The first kappa shape index (κ1) is 27.8. The van der Waals surface area contributed by atoms with Gasteiger partial charge < -0.3 is 25.6 Å². The summed E-state index contributed by atoms with van der Waals surface area (Å²) in [5.74, 6) is -3.79. The minimum atomic E-state index is -1.71. The summed E-state index contributed by atoms with van der Waals surface area (Å²) in [6.45, 7) is 1.10. The molecule has 0 fully saturated rings. The first-order valence-electron chi connectivity index (χ1n) is 12.8. The number of anilines is 1. The molecule has 0 bridgehead atoms. The summed E-state index contributed by atoms with van der Waals surface area (Å²) in [7, 11) is 1.59. The summed E-state index contributed by atoms with van der Waals surface area (Å²) in [5.41, 5.74) is 1.95. The Balaban J connectivity index is 1.44.